The van der Waals surface area contributed by atoms with Gasteiger partial charge in [0.05, 0.1) is 5.41 Å². The number of carbonyl (C=O) groups is 1. The van der Waals surface area contributed by atoms with Gasteiger partial charge in [0.1, 0.15) is 0 Å². The lowest BCUT2D eigenvalue weighted by Gasteiger charge is -2.19. The van der Waals surface area contributed by atoms with Crippen LogP contribution >= 0.6 is 11.8 Å². The van der Waals surface area contributed by atoms with Gasteiger partial charge in [-0.2, -0.15) is 0 Å². The molecule has 0 spiro atoms. The van der Waals surface area contributed by atoms with Crippen molar-refractivity contribution in [2.75, 3.05) is 0 Å². The first kappa shape index (κ1) is 12.5. The van der Waals surface area contributed by atoms with E-state index in [0.717, 1.165) is 12.0 Å². The van der Waals surface area contributed by atoms with Crippen LogP contribution in [0.15, 0.2) is 23.1 Å². The molecule has 2 nitrogen and oxygen atoms in total. The van der Waals surface area contributed by atoms with Crippen molar-refractivity contribution in [3.63, 3.8) is 0 Å². The van der Waals surface area contributed by atoms with Crippen LogP contribution in [0.25, 0.3) is 0 Å². The summed E-state index contributed by atoms with van der Waals surface area (Å²) in [6.07, 6.45) is 1.69. The summed E-state index contributed by atoms with van der Waals surface area (Å²) >= 11 is 1.91. The number of thioether (sulfide) groups is 1. The Kier molecular flexibility index (Phi) is 3.21. The Balaban J connectivity index is 2.20. The van der Waals surface area contributed by atoms with Gasteiger partial charge in [-0.05, 0) is 43.9 Å². The minimum atomic E-state index is -0.735. The molecule has 1 aromatic rings. The van der Waals surface area contributed by atoms with Crippen molar-refractivity contribution in [1.82, 2.24) is 0 Å². The molecule has 0 saturated heterocycles. The highest BCUT2D eigenvalue weighted by Gasteiger charge is 2.28. The summed E-state index contributed by atoms with van der Waals surface area (Å²) in [4.78, 5) is 12.5. The Morgan fingerprint density at radius 1 is 1.53 bits per heavy atom. The van der Waals surface area contributed by atoms with Gasteiger partial charge in [0.25, 0.3) is 0 Å². The van der Waals surface area contributed by atoms with E-state index in [1.165, 1.54) is 10.5 Å². The lowest BCUT2D eigenvalue weighted by molar-refractivity contribution is -0.146. The first-order valence-corrected chi connectivity index (χ1v) is 6.78. The van der Waals surface area contributed by atoms with Gasteiger partial charge >= 0.3 is 5.97 Å². The average Bonchev–Trinajstić information content (AvgIpc) is 2.56. The molecule has 1 unspecified atom stereocenters. The Morgan fingerprint density at radius 3 is 2.88 bits per heavy atom. The van der Waals surface area contributed by atoms with E-state index in [1.54, 1.807) is 13.8 Å². The van der Waals surface area contributed by atoms with Gasteiger partial charge in [0.15, 0.2) is 0 Å². The van der Waals surface area contributed by atoms with Crippen molar-refractivity contribution < 1.29 is 9.90 Å². The van der Waals surface area contributed by atoms with Gasteiger partial charge in [-0.25, -0.2) is 0 Å². The molecule has 1 atom stereocenters. The van der Waals surface area contributed by atoms with Gasteiger partial charge in [0.2, 0.25) is 0 Å². The molecule has 0 radical (unpaired) electrons. The lowest BCUT2D eigenvalue weighted by atomic mass is 9.85. The highest BCUT2D eigenvalue weighted by Crippen LogP contribution is 2.37. The van der Waals surface area contributed by atoms with E-state index >= 15 is 0 Å². The van der Waals surface area contributed by atoms with Gasteiger partial charge in [-0.15, -0.1) is 11.8 Å². The third-order valence-electron chi connectivity index (χ3n) is 3.19. The summed E-state index contributed by atoms with van der Waals surface area (Å²) < 4.78 is 0. The second-order valence-electron chi connectivity index (χ2n) is 5.44. The zero-order chi connectivity index (χ0) is 12.6. The maximum Gasteiger partial charge on any atom is 0.309 e. The van der Waals surface area contributed by atoms with E-state index in [-0.39, 0.29) is 0 Å². The number of rotatable bonds is 3. The van der Waals surface area contributed by atoms with Crippen molar-refractivity contribution in [3.05, 3.63) is 29.3 Å². The smallest absolute Gasteiger partial charge is 0.309 e. The van der Waals surface area contributed by atoms with Crippen LogP contribution in [-0.4, -0.2) is 16.3 Å². The van der Waals surface area contributed by atoms with E-state index in [9.17, 15) is 4.79 Å². The molecule has 17 heavy (non-hydrogen) atoms. The number of hydrogen-bond donors (Lipinski definition) is 1. The van der Waals surface area contributed by atoms with Crippen molar-refractivity contribution in [3.8, 4) is 0 Å². The molecule has 1 aliphatic heterocycles. The van der Waals surface area contributed by atoms with E-state index in [2.05, 4.69) is 25.1 Å². The summed E-state index contributed by atoms with van der Waals surface area (Å²) in [5.41, 5.74) is 1.82. The fourth-order valence-corrected chi connectivity index (χ4v) is 3.31. The number of fused-ring (bicyclic) bond motifs is 1. The Labute approximate surface area is 106 Å². The number of carboxylic acid groups (broad SMARTS) is 1. The fraction of sp³-hybridized carbons (Fsp3) is 0.500. The molecule has 1 aliphatic rings. The van der Waals surface area contributed by atoms with E-state index in [4.69, 9.17) is 5.11 Å². The van der Waals surface area contributed by atoms with Crippen molar-refractivity contribution in [1.29, 1.82) is 0 Å². The molecule has 2 rings (SSSR count). The normalized spacial score (nSPS) is 19.1. The van der Waals surface area contributed by atoms with Gasteiger partial charge in [0, 0.05) is 10.1 Å². The zero-order valence-corrected chi connectivity index (χ0v) is 11.3. The molecular weight excluding hydrogens is 232 g/mol. The summed E-state index contributed by atoms with van der Waals surface area (Å²) in [7, 11) is 0. The number of hydrogen-bond acceptors (Lipinski definition) is 2. The highest BCUT2D eigenvalue weighted by atomic mass is 32.2. The number of aliphatic carboxylic acids is 1. The van der Waals surface area contributed by atoms with Gasteiger partial charge in [-0.1, -0.05) is 19.1 Å². The Hall–Kier alpha value is -0.960. The second kappa shape index (κ2) is 4.37. The third kappa shape index (κ3) is 2.65. The SMILES string of the molecule is CC1Cc2cc(CC(C)(C)C(=O)O)ccc2S1. The predicted octanol–water partition coefficient (Wildman–Crippen LogP) is 3.38. The van der Waals surface area contributed by atoms with E-state index in [1.807, 2.05) is 11.8 Å². The molecule has 1 N–H and O–H groups in total. The minimum Gasteiger partial charge on any atom is -0.481 e. The first-order chi connectivity index (χ1) is 7.88. The van der Waals surface area contributed by atoms with Gasteiger partial charge < -0.3 is 5.11 Å². The molecule has 3 heteroatoms. The number of benzene rings is 1. The summed E-state index contributed by atoms with van der Waals surface area (Å²) in [5, 5.41) is 9.78. The van der Waals surface area contributed by atoms with Crippen molar-refractivity contribution in [2.24, 2.45) is 5.41 Å². The van der Waals surface area contributed by atoms with Crippen LogP contribution in [0.1, 0.15) is 31.9 Å². The van der Waals surface area contributed by atoms with E-state index in [0.29, 0.717) is 11.7 Å². The van der Waals surface area contributed by atoms with Crippen LogP contribution in [-0.2, 0) is 17.6 Å². The maximum atomic E-state index is 11.1. The van der Waals surface area contributed by atoms with E-state index < -0.39 is 11.4 Å². The van der Waals surface area contributed by atoms with Crippen LogP contribution in [0.3, 0.4) is 0 Å². The minimum absolute atomic E-state index is 0.592. The topological polar surface area (TPSA) is 37.3 Å². The summed E-state index contributed by atoms with van der Waals surface area (Å²) in [6, 6.07) is 6.38. The van der Waals surface area contributed by atoms with Crippen LogP contribution in [0.5, 0.6) is 0 Å². The van der Waals surface area contributed by atoms with Gasteiger partial charge in [-0.3, -0.25) is 4.79 Å². The Bertz CT molecular complexity index is 452. The number of carboxylic acids is 1. The van der Waals surface area contributed by atoms with Crippen molar-refractivity contribution >= 4 is 17.7 Å². The molecule has 0 aromatic heterocycles. The lowest BCUT2D eigenvalue weighted by Crippen LogP contribution is -2.26. The second-order valence-corrected chi connectivity index (χ2v) is 6.92. The fourth-order valence-electron chi connectivity index (χ4n) is 2.17. The summed E-state index contributed by atoms with van der Waals surface area (Å²) in [6.45, 7) is 5.78. The first-order valence-electron chi connectivity index (χ1n) is 5.90. The Morgan fingerprint density at radius 2 is 2.24 bits per heavy atom. The molecule has 0 fully saturated rings. The van der Waals surface area contributed by atoms with Crippen LogP contribution in [0, 0.1) is 5.41 Å². The van der Waals surface area contributed by atoms with Crippen molar-refractivity contribution in [2.45, 2.75) is 43.8 Å². The zero-order valence-electron chi connectivity index (χ0n) is 10.5. The monoisotopic (exact) mass is 250 g/mol. The van der Waals surface area contributed by atoms with Crippen LogP contribution < -0.4 is 0 Å². The molecule has 0 bridgehead atoms. The molecular formula is C14H18O2S. The molecule has 0 amide bonds. The predicted molar refractivity (Wildman–Crippen MR) is 70.6 cm³/mol. The van der Waals surface area contributed by atoms with Crippen LogP contribution in [0.4, 0.5) is 0 Å². The molecule has 0 saturated carbocycles. The average molecular weight is 250 g/mol. The standard InChI is InChI=1S/C14H18O2S/c1-9-6-11-7-10(4-5-12(11)17-9)8-14(2,3)13(15)16/h4-5,7,9H,6,8H2,1-3H3,(H,15,16). The molecule has 1 aromatic carbocycles. The highest BCUT2D eigenvalue weighted by molar-refractivity contribution is 8.00. The molecule has 92 valence electrons. The maximum absolute atomic E-state index is 11.1. The molecule has 0 aliphatic carbocycles. The third-order valence-corrected chi connectivity index (χ3v) is 4.41. The van der Waals surface area contributed by atoms with Crippen LogP contribution in [0.2, 0.25) is 0 Å². The largest absolute Gasteiger partial charge is 0.481 e. The summed E-state index contributed by atoms with van der Waals surface area (Å²) in [5.74, 6) is -0.735. The molecule has 1 heterocycles. The quantitative estimate of drug-likeness (QED) is 0.893.